The Hall–Kier alpha value is -5.35. The van der Waals surface area contributed by atoms with Crippen molar-refractivity contribution < 1.29 is 37.1 Å². The summed E-state index contributed by atoms with van der Waals surface area (Å²) >= 11 is 0. The van der Waals surface area contributed by atoms with Crippen LogP contribution in [0.5, 0.6) is 0 Å². The van der Waals surface area contributed by atoms with Gasteiger partial charge in [0.1, 0.15) is 5.69 Å². The fraction of sp³-hybridized carbons (Fsp3) is 0.294. The number of nitrogens with two attached hydrogens (primary N) is 1. The van der Waals surface area contributed by atoms with Gasteiger partial charge >= 0.3 is 18.1 Å². The van der Waals surface area contributed by atoms with E-state index in [-0.39, 0.29) is 35.0 Å². The second kappa shape index (κ2) is 13.2. The van der Waals surface area contributed by atoms with Crippen LogP contribution in [0.2, 0.25) is 0 Å². The first-order valence-corrected chi connectivity index (χ1v) is 14.8. The van der Waals surface area contributed by atoms with E-state index in [1.165, 1.54) is 30.2 Å². The van der Waals surface area contributed by atoms with Gasteiger partial charge in [0, 0.05) is 41.8 Å². The molecular formula is C34H32F3N5O5. The number of aromatic nitrogens is 1. The first-order chi connectivity index (χ1) is 22.3. The maximum atomic E-state index is 14.6. The summed E-state index contributed by atoms with van der Waals surface area (Å²) in [6.45, 7) is 4.20. The van der Waals surface area contributed by atoms with Gasteiger partial charge < -0.3 is 24.8 Å². The van der Waals surface area contributed by atoms with Gasteiger partial charge in [0.05, 0.1) is 30.0 Å². The zero-order valence-corrected chi connectivity index (χ0v) is 25.8. The van der Waals surface area contributed by atoms with Crippen molar-refractivity contribution in [2.45, 2.75) is 45.1 Å². The van der Waals surface area contributed by atoms with E-state index < -0.39 is 36.1 Å². The number of hydroxylamine groups is 1. The molecule has 1 aromatic heterocycles. The molecule has 10 nitrogen and oxygen atoms in total. The predicted octanol–water partition coefficient (Wildman–Crippen LogP) is 5.64. The average molecular weight is 648 g/mol. The summed E-state index contributed by atoms with van der Waals surface area (Å²) in [6, 6.07) is 17.8. The fourth-order valence-corrected chi connectivity index (χ4v) is 5.79. The Kier molecular flexibility index (Phi) is 9.26. The van der Waals surface area contributed by atoms with E-state index in [1.54, 1.807) is 54.7 Å². The first-order valence-electron chi connectivity index (χ1n) is 14.8. The molecule has 0 fully saturated rings. The SMILES string of the molecule is COC(=O)c1ccc2c(c1)N(CC(N)CC(C)C)C(=O)C(c1cn(Cc3ccc(C#N)cc3)c3ccccc13)N2OC(=O)C(F)(F)F. The lowest BCUT2D eigenvalue weighted by molar-refractivity contribution is -0.202. The molecule has 3 aromatic carbocycles. The Morgan fingerprint density at radius 3 is 2.38 bits per heavy atom. The Labute approximate surface area is 268 Å². The summed E-state index contributed by atoms with van der Waals surface area (Å²) in [5.74, 6) is -3.80. The highest BCUT2D eigenvalue weighted by Crippen LogP contribution is 2.45. The number of carbonyl (C=O) groups excluding carboxylic acids is 3. The lowest BCUT2D eigenvalue weighted by atomic mass is 9.97. The van der Waals surface area contributed by atoms with E-state index in [0.29, 0.717) is 34.5 Å². The standard InChI is InChI=1S/C34H32F3N5O5/c1-20(2)14-24(39)18-41-29-15-23(32(44)46-3)12-13-28(29)42(47-33(45)34(35,36)37)30(31(41)43)26-19-40(27-7-5-4-6-25(26)27)17-22-10-8-21(16-38)9-11-22/h4-13,15,19-20,24,30H,14,17-18,39H2,1-3H3. The van der Waals surface area contributed by atoms with Crippen LogP contribution in [0, 0.1) is 17.2 Å². The number of methoxy groups -OCH3 is 1. The molecule has 0 aliphatic carbocycles. The van der Waals surface area contributed by atoms with Crippen molar-refractivity contribution in [3.05, 3.63) is 95.2 Å². The number of nitriles is 1. The Bertz CT molecular complexity index is 1860. The molecule has 244 valence electrons. The number of nitrogens with zero attached hydrogens (tertiary/aromatic N) is 4. The lowest BCUT2D eigenvalue weighted by Crippen LogP contribution is -2.53. The van der Waals surface area contributed by atoms with Gasteiger partial charge in [-0.1, -0.05) is 44.2 Å². The molecule has 1 amide bonds. The van der Waals surface area contributed by atoms with E-state index in [0.717, 1.165) is 5.56 Å². The molecule has 2 N–H and O–H groups in total. The van der Waals surface area contributed by atoms with Crippen LogP contribution in [0.4, 0.5) is 24.5 Å². The van der Waals surface area contributed by atoms with Crippen LogP contribution < -0.4 is 15.7 Å². The number of para-hydroxylation sites is 1. The molecule has 0 saturated heterocycles. The molecule has 13 heteroatoms. The monoisotopic (exact) mass is 647 g/mol. The van der Waals surface area contributed by atoms with Gasteiger partial charge in [-0.3, -0.25) is 4.79 Å². The van der Waals surface area contributed by atoms with Crippen molar-refractivity contribution in [3.63, 3.8) is 0 Å². The third kappa shape index (κ3) is 6.78. The largest absolute Gasteiger partial charge is 0.493 e. The van der Waals surface area contributed by atoms with Crippen LogP contribution in [0.15, 0.2) is 72.9 Å². The molecule has 2 atom stereocenters. The smallest absolute Gasteiger partial charge is 0.465 e. The molecular weight excluding hydrogens is 615 g/mol. The molecule has 4 aromatic rings. The number of ether oxygens (including phenoxy) is 1. The molecule has 0 bridgehead atoms. The van der Waals surface area contributed by atoms with E-state index in [9.17, 15) is 32.8 Å². The van der Waals surface area contributed by atoms with Gasteiger partial charge in [0.25, 0.3) is 5.91 Å². The molecule has 2 heterocycles. The van der Waals surface area contributed by atoms with E-state index in [1.807, 2.05) is 18.4 Å². The molecule has 2 unspecified atom stereocenters. The summed E-state index contributed by atoms with van der Waals surface area (Å²) in [5.41, 5.74) is 8.70. The number of rotatable bonds is 9. The van der Waals surface area contributed by atoms with Crippen LogP contribution in [0.1, 0.15) is 53.4 Å². The summed E-state index contributed by atoms with van der Waals surface area (Å²) in [6.07, 6.45) is -3.21. The van der Waals surface area contributed by atoms with Crippen molar-refractivity contribution in [2.75, 3.05) is 23.6 Å². The number of fused-ring (bicyclic) bond motifs is 2. The second-order valence-corrected chi connectivity index (χ2v) is 11.7. The minimum Gasteiger partial charge on any atom is -0.465 e. The number of benzene rings is 3. The average Bonchev–Trinajstić information content (AvgIpc) is 3.39. The second-order valence-electron chi connectivity index (χ2n) is 11.7. The van der Waals surface area contributed by atoms with Crippen LogP contribution in [0.25, 0.3) is 10.9 Å². The van der Waals surface area contributed by atoms with Gasteiger partial charge in [0.2, 0.25) is 0 Å². The van der Waals surface area contributed by atoms with Crippen LogP contribution in [-0.4, -0.2) is 48.3 Å². The molecule has 5 rings (SSSR count). The quantitative estimate of drug-likeness (QED) is 0.231. The number of alkyl halides is 3. The molecule has 0 radical (unpaired) electrons. The summed E-state index contributed by atoms with van der Waals surface area (Å²) in [4.78, 5) is 45.7. The summed E-state index contributed by atoms with van der Waals surface area (Å²) < 4.78 is 47.6. The third-order valence-electron chi connectivity index (χ3n) is 7.81. The van der Waals surface area contributed by atoms with E-state index in [4.69, 9.17) is 15.3 Å². The molecule has 1 aliphatic rings. The van der Waals surface area contributed by atoms with E-state index in [2.05, 4.69) is 6.07 Å². The topological polar surface area (TPSA) is 131 Å². The van der Waals surface area contributed by atoms with Gasteiger partial charge in [0.15, 0.2) is 6.04 Å². The lowest BCUT2D eigenvalue weighted by Gasteiger charge is -2.42. The van der Waals surface area contributed by atoms with Crippen LogP contribution in [-0.2, 0) is 25.7 Å². The van der Waals surface area contributed by atoms with Crippen molar-refractivity contribution in [1.82, 2.24) is 4.57 Å². The summed E-state index contributed by atoms with van der Waals surface area (Å²) in [7, 11) is 1.17. The molecule has 0 spiro atoms. The van der Waals surface area contributed by atoms with Crippen molar-refractivity contribution in [2.24, 2.45) is 11.7 Å². The van der Waals surface area contributed by atoms with Gasteiger partial charge in [-0.25, -0.2) is 9.59 Å². The normalized spacial score (nSPS) is 15.4. The molecule has 47 heavy (non-hydrogen) atoms. The minimum absolute atomic E-state index is 0.0287. The predicted molar refractivity (Wildman–Crippen MR) is 167 cm³/mol. The van der Waals surface area contributed by atoms with Crippen LogP contribution >= 0.6 is 0 Å². The third-order valence-corrected chi connectivity index (χ3v) is 7.81. The highest BCUT2D eigenvalue weighted by atomic mass is 19.4. The maximum absolute atomic E-state index is 14.6. The highest BCUT2D eigenvalue weighted by Gasteiger charge is 2.48. The number of hydrogen-bond donors (Lipinski definition) is 1. The first kappa shape index (κ1) is 33.0. The fourth-order valence-electron chi connectivity index (χ4n) is 5.79. The maximum Gasteiger partial charge on any atom is 0.493 e. The van der Waals surface area contributed by atoms with Gasteiger partial charge in [-0.05, 0) is 54.3 Å². The van der Waals surface area contributed by atoms with E-state index >= 15 is 0 Å². The zero-order valence-electron chi connectivity index (χ0n) is 25.8. The number of halogens is 3. The Morgan fingerprint density at radius 1 is 1.04 bits per heavy atom. The van der Waals surface area contributed by atoms with Crippen LogP contribution in [0.3, 0.4) is 0 Å². The number of anilines is 2. The van der Waals surface area contributed by atoms with Gasteiger partial charge in [-0.2, -0.15) is 23.5 Å². The summed E-state index contributed by atoms with van der Waals surface area (Å²) in [5, 5.41) is 10.4. The molecule has 0 saturated carbocycles. The number of esters is 1. The molecule has 1 aliphatic heterocycles. The van der Waals surface area contributed by atoms with Crippen molar-refractivity contribution in [3.8, 4) is 6.07 Å². The zero-order chi connectivity index (χ0) is 34.0. The van der Waals surface area contributed by atoms with Gasteiger partial charge in [-0.15, -0.1) is 0 Å². The minimum atomic E-state index is -5.37. The van der Waals surface area contributed by atoms with Crippen molar-refractivity contribution in [1.29, 1.82) is 5.26 Å². The Morgan fingerprint density at radius 2 is 1.74 bits per heavy atom. The number of hydrogen-bond acceptors (Lipinski definition) is 8. The Balaban J connectivity index is 1.70. The highest BCUT2D eigenvalue weighted by molar-refractivity contribution is 6.09. The number of carbonyl (C=O) groups is 3. The number of amides is 1. The van der Waals surface area contributed by atoms with Crippen molar-refractivity contribution >= 4 is 40.1 Å².